The summed E-state index contributed by atoms with van der Waals surface area (Å²) in [5, 5.41) is 3.30. The normalized spacial score (nSPS) is 19.1. The van der Waals surface area contributed by atoms with Gasteiger partial charge in [0.2, 0.25) is 0 Å². The van der Waals surface area contributed by atoms with Crippen LogP contribution in [0.25, 0.3) is 10.8 Å². The van der Waals surface area contributed by atoms with Gasteiger partial charge in [-0.1, -0.05) is 30.3 Å². The van der Waals surface area contributed by atoms with Gasteiger partial charge in [0.05, 0.1) is 6.04 Å². The van der Waals surface area contributed by atoms with Crippen LogP contribution in [0.2, 0.25) is 0 Å². The van der Waals surface area contributed by atoms with Crippen LogP contribution in [0.3, 0.4) is 0 Å². The Labute approximate surface area is 105 Å². The Morgan fingerprint density at radius 1 is 1.18 bits per heavy atom. The molecule has 0 aromatic heterocycles. The van der Waals surface area contributed by atoms with Gasteiger partial charge in [0.1, 0.15) is 6.61 Å². The van der Waals surface area contributed by atoms with Gasteiger partial charge in [-0.05, 0) is 41.6 Å². The topological polar surface area (TPSA) is 21.6 Å². The summed E-state index contributed by atoms with van der Waals surface area (Å²) in [6.07, 6.45) is 0. The van der Waals surface area contributed by atoms with E-state index in [9.17, 15) is 0 Å². The Bertz CT molecular complexity index is 579. The van der Waals surface area contributed by atoms with Gasteiger partial charge < -0.3 is 4.74 Å². The highest BCUT2D eigenvalue weighted by atomic mass is 32.2. The fourth-order valence-electron chi connectivity index (χ4n) is 1.83. The highest BCUT2D eigenvalue weighted by Crippen LogP contribution is 2.27. The Morgan fingerprint density at radius 3 is 2.76 bits per heavy atom. The van der Waals surface area contributed by atoms with E-state index < -0.39 is 0 Å². The second kappa shape index (κ2) is 4.41. The van der Waals surface area contributed by atoms with Gasteiger partial charge in [0.25, 0.3) is 5.23 Å². The van der Waals surface area contributed by atoms with Crippen molar-refractivity contribution in [1.29, 1.82) is 0 Å². The molecule has 1 heterocycles. The summed E-state index contributed by atoms with van der Waals surface area (Å²) in [5.74, 6) is 0. The molecule has 0 saturated carbocycles. The third-order valence-electron chi connectivity index (χ3n) is 2.70. The second-order valence-electron chi connectivity index (χ2n) is 4.17. The Hall–Kier alpha value is -1.48. The van der Waals surface area contributed by atoms with Crippen LogP contribution < -0.4 is 0 Å². The largest absolute Gasteiger partial charge is 0.471 e. The molecule has 1 unspecified atom stereocenters. The SMILES string of the molecule is CC1COC(Sc2ccc3ccccc3c2)=N1. The van der Waals surface area contributed by atoms with Gasteiger partial charge in [-0.25, -0.2) is 4.99 Å². The highest BCUT2D eigenvalue weighted by molar-refractivity contribution is 8.13. The molecule has 0 saturated heterocycles. The number of ether oxygens (including phenoxy) is 1. The number of nitrogens with zero attached hydrogens (tertiary/aromatic N) is 1. The van der Waals surface area contributed by atoms with E-state index in [2.05, 4.69) is 54.4 Å². The van der Waals surface area contributed by atoms with Crippen LogP contribution in [0.1, 0.15) is 6.92 Å². The maximum atomic E-state index is 5.49. The minimum Gasteiger partial charge on any atom is -0.471 e. The molecule has 86 valence electrons. The number of hydrogen-bond acceptors (Lipinski definition) is 3. The summed E-state index contributed by atoms with van der Waals surface area (Å²) in [6, 6.07) is 15.1. The first-order chi connectivity index (χ1) is 8.31. The first-order valence-corrected chi connectivity index (χ1v) is 6.50. The zero-order chi connectivity index (χ0) is 11.7. The maximum Gasteiger partial charge on any atom is 0.251 e. The summed E-state index contributed by atoms with van der Waals surface area (Å²) in [5.41, 5.74) is 0. The van der Waals surface area contributed by atoms with Crippen LogP contribution in [0.5, 0.6) is 0 Å². The third kappa shape index (κ3) is 2.29. The number of benzene rings is 2. The van der Waals surface area contributed by atoms with Gasteiger partial charge in [-0.2, -0.15) is 0 Å². The van der Waals surface area contributed by atoms with Crippen LogP contribution in [0.15, 0.2) is 52.4 Å². The number of rotatable bonds is 1. The van der Waals surface area contributed by atoms with Crippen molar-refractivity contribution in [2.45, 2.75) is 17.9 Å². The molecule has 17 heavy (non-hydrogen) atoms. The summed E-state index contributed by atoms with van der Waals surface area (Å²) in [7, 11) is 0. The van der Waals surface area contributed by atoms with E-state index in [0.29, 0.717) is 6.61 Å². The van der Waals surface area contributed by atoms with E-state index >= 15 is 0 Å². The number of aliphatic imine (C=N–C) groups is 1. The molecule has 0 N–H and O–H groups in total. The molecule has 1 atom stereocenters. The molecule has 1 aliphatic rings. The molecule has 3 heteroatoms. The average molecular weight is 243 g/mol. The van der Waals surface area contributed by atoms with Gasteiger partial charge in [-0.3, -0.25) is 0 Å². The van der Waals surface area contributed by atoms with Crippen LogP contribution in [0, 0.1) is 0 Å². The maximum absolute atomic E-state index is 5.49. The Morgan fingerprint density at radius 2 is 2.00 bits per heavy atom. The van der Waals surface area contributed by atoms with Crippen molar-refractivity contribution in [3.63, 3.8) is 0 Å². The summed E-state index contributed by atoms with van der Waals surface area (Å²) in [6.45, 7) is 2.77. The monoisotopic (exact) mass is 243 g/mol. The summed E-state index contributed by atoms with van der Waals surface area (Å²) >= 11 is 1.60. The van der Waals surface area contributed by atoms with Crippen molar-refractivity contribution in [2.75, 3.05) is 6.61 Å². The molecule has 0 radical (unpaired) electrons. The molecular weight excluding hydrogens is 230 g/mol. The van der Waals surface area contributed by atoms with Crippen molar-refractivity contribution in [2.24, 2.45) is 4.99 Å². The quantitative estimate of drug-likeness (QED) is 0.761. The molecule has 2 aromatic carbocycles. The molecule has 0 amide bonds. The van der Waals surface area contributed by atoms with Gasteiger partial charge in [0, 0.05) is 4.90 Å². The van der Waals surface area contributed by atoms with Crippen molar-refractivity contribution in [1.82, 2.24) is 0 Å². The summed E-state index contributed by atoms with van der Waals surface area (Å²) < 4.78 is 5.49. The van der Waals surface area contributed by atoms with Gasteiger partial charge >= 0.3 is 0 Å². The van der Waals surface area contributed by atoms with Crippen LogP contribution >= 0.6 is 11.8 Å². The molecule has 1 aliphatic heterocycles. The predicted octanol–water partition coefficient (Wildman–Crippen LogP) is 3.71. The van der Waals surface area contributed by atoms with Gasteiger partial charge in [-0.15, -0.1) is 0 Å². The first kappa shape index (κ1) is 10.7. The molecule has 0 bridgehead atoms. The first-order valence-electron chi connectivity index (χ1n) is 5.68. The third-order valence-corrected chi connectivity index (χ3v) is 3.59. The van der Waals surface area contributed by atoms with E-state index in [0.717, 1.165) is 5.23 Å². The van der Waals surface area contributed by atoms with Crippen LogP contribution in [-0.4, -0.2) is 17.9 Å². The van der Waals surface area contributed by atoms with Crippen molar-refractivity contribution in [3.05, 3.63) is 42.5 Å². The lowest BCUT2D eigenvalue weighted by atomic mass is 10.1. The van der Waals surface area contributed by atoms with Crippen LogP contribution in [-0.2, 0) is 4.74 Å². The fourth-order valence-corrected chi connectivity index (χ4v) is 2.72. The van der Waals surface area contributed by atoms with E-state index in [4.69, 9.17) is 4.74 Å². The van der Waals surface area contributed by atoms with E-state index in [1.807, 2.05) is 0 Å². The lowest BCUT2D eigenvalue weighted by Gasteiger charge is -2.03. The molecule has 3 rings (SSSR count). The van der Waals surface area contributed by atoms with Crippen LogP contribution in [0.4, 0.5) is 0 Å². The highest BCUT2D eigenvalue weighted by Gasteiger charge is 2.15. The molecule has 0 fully saturated rings. The number of thioether (sulfide) groups is 1. The van der Waals surface area contributed by atoms with E-state index in [-0.39, 0.29) is 6.04 Å². The zero-order valence-electron chi connectivity index (χ0n) is 9.59. The number of hydrogen-bond donors (Lipinski definition) is 0. The van der Waals surface area contributed by atoms with E-state index in [1.54, 1.807) is 11.8 Å². The predicted molar refractivity (Wildman–Crippen MR) is 72.7 cm³/mol. The Balaban J connectivity index is 1.88. The Kier molecular flexibility index (Phi) is 2.77. The molecular formula is C14H13NOS. The molecule has 2 aromatic rings. The second-order valence-corrected chi connectivity index (χ2v) is 5.19. The summed E-state index contributed by atoms with van der Waals surface area (Å²) in [4.78, 5) is 5.60. The smallest absolute Gasteiger partial charge is 0.251 e. The minimum absolute atomic E-state index is 0.290. The van der Waals surface area contributed by atoms with Crippen molar-refractivity contribution < 1.29 is 4.74 Å². The van der Waals surface area contributed by atoms with Crippen molar-refractivity contribution >= 4 is 27.8 Å². The molecule has 0 spiro atoms. The number of fused-ring (bicyclic) bond motifs is 1. The fraction of sp³-hybridized carbons (Fsp3) is 0.214. The van der Waals surface area contributed by atoms with E-state index in [1.165, 1.54) is 15.7 Å². The van der Waals surface area contributed by atoms with Crippen molar-refractivity contribution in [3.8, 4) is 0 Å². The standard InChI is InChI=1S/C14H13NOS/c1-10-9-16-14(15-10)17-13-7-6-11-4-2-3-5-12(11)8-13/h2-8,10H,9H2,1H3. The molecule has 0 aliphatic carbocycles. The lowest BCUT2D eigenvalue weighted by Crippen LogP contribution is -1.98. The molecule has 2 nitrogen and oxygen atoms in total. The average Bonchev–Trinajstić information content (AvgIpc) is 2.75. The van der Waals surface area contributed by atoms with Gasteiger partial charge in [0.15, 0.2) is 0 Å². The minimum atomic E-state index is 0.290. The zero-order valence-corrected chi connectivity index (χ0v) is 10.4. The lowest BCUT2D eigenvalue weighted by molar-refractivity contribution is 0.331.